The second-order valence-corrected chi connectivity index (χ2v) is 5.13. The molecule has 92 valence electrons. The Kier molecular flexibility index (Phi) is 7.14. The van der Waals surface area contributed by atoms with Crippen LogP contribution in [0.2, 0.25) is 0 Å². The van der Waals surface area contributed by atoms with Crippen LogP contribution in [0.3, 0.4) is 0 Å². The highest BCUT2D eigenvalue weighted by Gasteiger charge is 2.26. The molecule has 0 radical (unpaired) electrons. The summed E-state index contributed by atoms with van der Waals surface area (Å²) < 4.78 is 0. The zero-order chi connectivity index (χ0) is 9.10. The first-order valence-electron chi connectivity index (χ1n) is 6.07. The lowest BCUT2D eigenvalue weighted by molar-refractivity contribution is 0.182. The smallest absolute Gasteiger partial charge is 0.00179 e. The molecule has 1 heterocycles. The fourth-order valence-corrected chi connectivity index (χ4v) is 3.04. The van der Waals surface area contributed by atoms with Crippen molar-refractivity contribution in [3.8, 4) is 0 Å². The number of nitrogens with one attached hydrogen (secondary N) is 1. The topological polar surface area (TPSA) is 75.0 Å². The summed E-state index contributed by atoms with van der Waals surface area (Å²) in [5.74, 6) is 3.08. The van der Waals surface area contributed by atoms with E-state index in [0.717, 1.165) is 17.8 Å². The van der Waals surface area contributed by atoms with Gasteiger partial charge in [-0.2, -0.15) is 0 Å². The molecule has 0 aromatic rings. The molecular weight excluding hydrogens is 190 g/mol. The molecular formula is C12H27NO2. The van der Waals surface area contributed by atoms with Crippen molar-refractivity contribution in [2.24, 2.45) is 17.8 Å². The highest BCUT2D eigenvalue weighted by molar-refractivity contribution is 4.80. The summed E-state index contributed by atoms with van der Waals surface area (Å²) >= 11 is 0. The van der Waals surface area contributed by atoms with Crippen molar-refractivity contribution in [2.75, 3.05) is 13.1 Å². The van der Waals surface area contributed by atoms with Crippen LogP contribution in [0.1, 0.15) is 45.4 Å². The van der Waals surface area contributed by atoms with Crippen molar-refractivity contribution in [1.82, 2.24) is 5.32 Å². The monoisotopic (exact) mass is 217 g/mol. The third-order valence-electron chi connectivity index (χ3n) is 4.06. The average Bonchev–Trinajstić information content (AvgIpc) is 2.20. The molecule has 2 aliphatic rings. The fraction of sp³-hybridized carbons (Fsp3) is 1.00. The van der Waals surface area contributed by atoms with Crippen molar-refractivity contribution in [3.63, 3.8) is 0 Å². The highest BCUT2D eigenvalue weighted by atomic mass is 16.0. The standard InChI is InChI=1S/C12H23N.2H2O/c1-10-4-6-11(7-5-10)12-3-2-8-13-9-12;;/h10-13H,2-9H2,1H3;2*1H2/t10?,11?,12-;;/m1../s1. The van der Waals surface area contributed by atoms with E-state index in [1.807, 2.05) is 0 Å². The molecule has 0 bridgehead atoms. The summed E-state index contributed by atoms with van der Waals surface area (Å²) in [5.41, 5.74) is 0. The summed E-state index contributed by atoms with van der Waals surface area (Å²) in [6.45, 7) is 4.98. The van der Waals surface area contributed by atoms with Crippen molar-refractivity contribution in [3.05, 3.63) is 0 Å². The molecule has 3 nitrogen and oxygen atoms in total. The van der Waals surface area contributed by atoms with Gasteiger partial charge in [0.2, 0.25) is 0 Å². The fourth-order valence-electron chi connectivity index (χ4n) is 3.04. The molecule has 1 aliphatic carbocycles. The largest absolute Gasteiger partial charge is 0.412 e. The minimum atomic E-state index is 0. The summed E-state index contributed by atoms with van der Waals surface area (Å²) in [4.78, 5) is 0. The minimum Gasteiger partial charge on any atom is -0.412 e. The molecule has 2 rings (SSSR count). The second-order valence-electron chi connectivity index (χ2n) is 5.13. The third-order valence-corrected chi connectivity index (χ3v) is 4.06. The molecule has 0 amide bonds. The quantitative estimate of drug-likeness (QED) is 0.703. The normalized spacial score (nSPS) is 36.2. The molecule has 0 unspecified atom stereocenters. The summed E-state index contributed by atoms with van der Waals surface area (Å²) in [6.07, 6.45) is 8.89. The summed E-state index contributed by atoms with van der Waals surface area (Å²) in [7, 11) is 0. The Balaban J connectivity index is 0.000000980. The predicted molar refractivity (Wildman–Crippen MR) is 63.9 cm³/mol. The van der Waals surface area contributed by atoms with Crippen molar-refractivity contribution >= 4 is 0 Å². The van der Waals surface area contributed by atoms with Gasteiger partial charge in [0.25, 0.3) is 0 Å². The molecule has 0 spiro atoms. The van der Waals surface area contributed by atoms with Gasteiger partial charge in [0.05, 0.1) is 0 Å². The number of piperidine rings is 1. The maximum Gasteiger partial charge on any atom is -0.00179 e. The molecule has 1 atom stereocenters. The van der Waals surface area contributed by atoms with Crippen LogP contribution < -0.4 is 5.32 Å². The Morgan fingerprint density at radius 3 is 2.07 bits per heavy atom. The Labute approximate surface area is 93.3 Å². The van der Waals surface area contributed by atoms with Gasteiger partial charge in [-0.05, 0) is 56.5 Å². The van der Waals surface area contributed by atoms with Crippen molar-refractivity contribution in [1.29, 1.82) is 0 Å². The lowest BCUT2D eigenvalue weighted by atomic mass is 9.74. The van der Waals surface area contributed by atoms with Crippen LogP contribution in [0.15, 0.2) is 0 Å². The van der Waals surface area contributed by atoms with Gasteiger partial charge in [-0.25, -0.2) is 0 Å². The van der Waals surface area contributed by atoms with Crippen molar-refractivity contribution < 1.29 is 11.0 Å². The molecule has 1 saturated carbocycles. The number of hydrogen-bond acceptors (Lipinski definition) is 1. The van der Waals surface area contributed by atoms with Gasteiger partial charge in [-0.15, -0.1) is 0 Å². The Bertz CT molecular complexity index is 150. The first-order valence-corrected chi connectivity index (χ1v) is 6.07. The maximum absolute atomic E-state index is 3.54. The van der Waals surface area contributed by atoms with Crippen LogP contribution in [-0.4, -0.2) is 24.0 Å². The van der Waals surface area contributed by atoms with Crippen LogP contribution >= 0.6 is 0 Å². The zero-order valence-corrected chi connectivity index (χ0v) is 9.89. The van der Waals surface area contributed by atoms with Crippen LogP contribution in [0.4, 0.5) is 0 Å². The van der Waals surface area contributed by atoms with E-state index >= 15 is 0 Å². The first-order chi connectivity index (χ1) is 6.36. The van der Waals surface area contributed by atoms with E-state index < -0.39 is 0 Å². The van der Waals surface area contributed by atoms with Gasteiger partial charge < -0.3 is 16.3 Å². The first kappa shape index (κ1) is 14.9. The SMILES string of the molecule is CC1CCC([C@@H]2CCCNC2)CC1.O.O. The number of hydrogen-bond donors (Lipinski definition) is 1. The predicted octanol–water partition coefficient (Wildman–Crippen LogP) is 1.16. The third kappa shape index (κ3) is 4.09. The zero-order valence-electron chi connectivity index (χ0n) is 9.89. The molecule has 1 aliphatic heterocycles. The Hall–Kier alpha value is -0.120. The molecule has 5 N–H and O–H groups in total. The van der Waals surface area contributed by atoms with Crippen LogP contribution in [0, 0.1) is 17.8 Å². The molecule has 15 heavy (non-hydrogen) atoms. The van der Waals surface area contributed by atoms with Crippen LogP contribution in [-0.2, 0) is 0 Å². The van der Waals surface area contributed by atoms with E-state index in [0.29, 0.717) is 0 Å². The average molecular weight is 217 g/mol. The van der Waals surface area contributed by atoms with Crippen LogP contribution in [0.5, 0.6) is 0 Å². The minimum absolute atomic E-state index is 0. The van der Waals surface area contributed by atoms with E-state index in [-0.39, 0.29) is 11.0 Å². The van der Waals surface area contributed by atoms with Crippen molar-refractivity contribution in [2.45, 2.75) is 45.4 Å². The second kappa shape index (κ2) is 7.20. The van der Waals surface area contributed by atoms with Gasteiger partial charge in [0, 0.05) is 0 Å². The van der Waals surface area contributed by atoms with E-state index in [1.54, 1.807) is 0 Å². The van der Waals surface area contributed by atoms with Gasteiger partial charge in [-0.1, -0.05) is 19.8 Å². The van der Waals surface area contributed by atoms with E-state index in [2.05, 4.69) is 12.2 Å². The lowest BCUT2D eigenvalue weighted by Gasteiger charge is -2.35. The van der Waals surface area contributed by atoms with Gasteiger partial charge in [-0.3, -0.25) is 0 Å². The number of rotatable bonds is 1. The van der Waals surface area contributed by atoms with E-state index in [4.69, 9.17) is 0 Å². The maximum atomic E-state index is 3.54. The summed E-state index contributed by atoms with van der Waals surface area (Å²) in [5, 5.41) is 3.54. The molecule has 1 saturated heterocycles. The molecule has 0 aromatic carbocycles. The Morgan fingerprint density at radius 1 is 0.867 bits per heavy atom. The molecule has 0 aromatic heterocycles. The summed E-state index contributed by atoms with van der Waals surface area (Å²) in [6, 6.07) is 0. The van der Waals surface area contributed by atoms with E-state index in [1.165, 1.54) is 51.6 Å². The Morgan fingerprint density at radius 2 is 1.53 bits per heavy atom. The van der Waals surface area contributed by atoms with E-state index in [9.17, 15) is 0 Å². The van der Waals surface area contributed by atoms with Gasteiger partial charge in [0.15, 0.2) is 0 Å². The van der Waals surface area contributed by atoms with Gasteiger partial charge in [0.1, 0.15) is 0 Å². The van der Waals surface area contributed by atoms with Crippen LogP contribution in [0.25, 0.3) is 0 Å². The van der Waals surface area contributed by atoms with Gasteiger partial charge >= 0.3 is 0 Å². The molecule has 3 heteroatoms. The lowest BCUT2D eigenvalue weighted by Crippen LogP contribution is -2.35. The molecule has 2 fully saturated rings. The highest BCUT2D eigenvalue weighted by Crippen LogP contribution is 2.35.